The molecule has 1 saturated heterocycles. The highest BCUT2D eigenvalue weighted by Gasteiger charge is 2.26. The smallest absolute Gasteiger partial charge is 0.223 e. The number of hydrogen-bond donors (Lipinski definition) is 2. The van der Waals surface area contributed by atoms with Gasteiger partial charge >= 0.3 is 0 Å². The lowest BCUT2D eigenvalue weighted by molar-refractivity contribution is -0.132. The van der Waals surface area contributed by atoms with Gasteiger partial charge in [-0.15, -0.1) is 0 Å². The number of rotatable bonds is 4. The van der Waals surface area contributed by atoms with Gasteiger partial charge in [-0.25, -0.2) is 4.98 Å². The molecule has 1 aromatic carbocycles. The van der Waals surface area contributed by atoms with Crippen LogP contribution in [0.15, 0.2) is 30.5 Å². The number of imidazole rings is 1. The van der Waals surface area contributed by atoms with Crippen molar-refractivity contribution in [3.63, 3.8) is 0 Å². The number of piperidine rings is 1. The van der Waals surface area contributed by atoms with Gasteiger partial charge in [0.25, 0.3) is 0 Å². The van der Waals surface area contributed by atoms with Crippen LogP contribution in [0.25, 0.3) is 11.0 Å². The van der Waals surface area contributed by atoms with E-state index in [0.29, 0.717) is 18.8 Å². The molecule has 0 bridgehead atoms. The second-order valence-electron chi connectivity index (χ2n) is 6.85. The van der Waals surface area contributed by atoms with Crippen molar-refractivity contribution in [1.82, 2.24) is 25.1 Å². The van der Waals surface area contributed by atoms with Gasteiger partial charge in [-0.1, -0.05) is 12.1 Å². The monoisotopic (exact) mass is 337 g/mol. The minimum absolute atomic E-state index is 0.210. The molecule has 25 heavy (non-hydrogen) atoms. The first-order chi connectivity index (χ1) is 12.2. The van der Waals surface area contributed by atoms with E-state index in [1.54, 1.807) is 0 Å². The first-order valence-electron chi connectivity index (χ1n) is 8.92. The number of benzene rings is 1. The van der Waals surface area contributed by atoms with Gasteiger partial charge in [-0.3, -0.25) is 9.89 Å². The number of aromatic amines is 2. The fraction of sp³-hybridized carbons (Fsp3) is 0.421. The number of hydrogen-bond acceptors (Lipinski definition) is 3. The highest BCUT2D eigenvalue weighted by Crippen LogP contribution is 2.27. The van der Waals surface area contributed by atoms with Crippen molar-refractivity contribution in [2.45, 2.75) is 38.5 Å². The second-order valence-corrected chi connectivity index (χ2v) is 6.85. The summed E-state index contributed by atoms with van der Waals surface area (Å²) in [5, 5.41) is 7.23. The summed E-state index contributed by atoms with van der Waals surface area (Å²) in [6, 6.07) is 7.96. The number of aromatic nitrogens is 4. The molecule has 0 unspecified atom stereocenters. The molecule has 0 aliphatic carbocycles. The molecule has 6 nitrogen and oxygen atoms in total. The van der Waals surface area contributed by atoms with Crippen LogP contribution in [0.3, 0.4) is 0 Å². The van der Waals surface area contributed by atoms with E-state index in [0.717, 1.165) is 42.8 Å². The Bertz CT molecular complexity index is 848. The van der Waals surface area contributed by atoms with Crippen LogP contribution in [0.2, 0.25) is 0 Å². The maximum Gasteiger partial charge on any atom is 0.223 e. The van der Waals surface area contributed by atoms with Crippen molar-refractivity contribution >= 4 is 16.9 Å². The zero-order chi connectivity index (χ0) is 17.2. The third kappa shape index (κ3) is 3.29. The third-order valence-electron chi connectivity index (χ3n) is 5.06. The SMILES string of the molecule is Cc1cn[nH]c1[C@H]1CCCN(C(=O)CCc2nc3ccccc3[nH]2)C1. The third-order valence-corrected chi connectivity index (χ3v) is 5.06. The fourth-order valence-electron chi connectivity index (χ4n) is 3.72. The van der Waals surface area contributed by atoms with Crippen molar-refractivity contribution in [3.05, 3.63) is 47.5 Å². The van der Waals surface area contributed by atoms with Crippen molar-refractivity contribution in [2.24, 2.45) is 0 Å². The Hall–Kier alpha value is -2.63. The van der Waals surface area contributed by atoms with Crippen LogP contribution in [0.4, 0.5) is 0 Å². The summed E-state index contributed by atoms with van der Waals surface area (Å²) in [5.74, 6) is 1.46. The van der Waals surface area contributed by atoms with Crippen LogP contribution < -0.4 is 0 Å². The van der Waals surface area contributed by atoms with Gasteiger partial charge in [0.05, 0.1) is 17.2 Å². The molecule has 2 aromatic heterocycles. The van der Waals surface area contributed by atoms with Gasteiger partial charge in [-0.2, -0.15) is 5.10 Å². The largest absolute Gasteiger partial charge is 0.342 e. The van der Waals surface area contributed by atoms with Crippen molar-refractivity contribution in [3.8, 4) is 0 Å². The lowest BCUT2D eigenvalue weighted by atomic mass is 9.92. The summed E-state index contributed by atoms with van der Waals surface area (Å²) in [6.45, 7) is 3.70. The molecule has 1 atom stereocenters. The number of para-hydroxylation sites is 2. The summed E-state index contributed by atoms with van der Waals surface area (Å²) < 4.78 is 0. The Morgan fingerprint density at radius 3 is 3.04 bits per heavy atom. The molecule has 1 aliphatic heterocycles. The number of nitrogens with one attached hydrogen (secondary N) is 2. The second kappa shape index (κ2) is 6.70. The zero-order valence-corrected chi connectivity index (χ0v) is 14.5. The van der Waals surface area contributed by atoms with Crippen molar-refractivity contribution < 1.29 is 4.79 Å². The quantitative estimate of drug-likeness (QED) is 0.768. The number of fused-ring (bicyclic) bond motifs is 1. The summed E-state index contributed by atoms with van der Waals surface area (Å²) >= 11 is 0. The van der Waals surface area contributed by atoms with Gasteiger partial charge in [0.2, 0.25) is 5.91 Å². The maximum absolute atomic E-state index is 12.6. The predicted molar refractivity (Wildman–Crippen MR) is 96.3 cm³/mol. The molecule has 130 valence electrons. The van der Waals surface area contributed by atoms with Gasteiger partial charge in [0.15, 0.2) is 0 Å². The van der Waals surface area contributed by atoms with Crippen LogP contribution in [0, 0.1) is 6.92 Å². The number of amides is 1. The molecule has 6 heteroatoms. The van der Waals surface area contributed by atoms with Gasteiger partial charge in [0.1, 0.15) is 5.82 Å². The Labute approximate surface area is 146 Å². The topological polar surface area (TPSA) is 77.7 Å². The van der Waals surface area contributed by atoms with Gasteiger partial charge in [-0.05, 0) is 37.5 Å². The predicted octanol–water partition coefficient (Wildman–Crippen LogP) is 2.93. The first kappa shape index (κ1) is 15.9. The average Bonchev–Trinajstić information content (AvgIpc) is 3.25. The maximum atomic E-state index is 12.6. The van der Waals surface area contributed by atoms with Crippen LogP contribution in [-0.4, -0.2) is 44.1 Å². The number of H-pyrrole nitrogens is 2. The molecule has 3 aromatic rings. The van der Waals surface area contributed by atoms with Crippen molar-refractivity contribution in [2.75, 3.05) is 13.1 Å². The summed E-state index contributed by atoms with van der Waals surface area (Å²) in [5.41, 5.74) is 4.34. The summed E-state index contributed by atoms with van der Waals surface area (Å²) in [7, 11) is 0. The number of carbonyl (C=O) groups excluding carboxylic acids is 1. The van der Waals surface area contributed by atoms with E-state index in [4.69, 9.17) is 0 Å². The van der Waals surface area contributed by atoms with E-state index < -0.39 is 0 Å². The van der Waals surface area contributed by atoms with E-state index in [-0.39, 0.29) is 5.91 Å². The molecule has 2 N–H and O–H groups in total. The van der Waals surface area contributed by atoms with Crippen LogP contribution >= 0.6 is 0 Å². The Morgan fingerprint density at radius 1 is 1.36 bits per heavy atom. The Morgan fingerprint density at radius 2 is 2.24 bits per heavy atom. The van der Waals surface area contributed by atoms with Crippen LogP contribution in [0.5, 0.6) is 0 Å². The zero-order valence-electron chi connectivity index (χ0n) is 14.5. The normalized spacial score (nSPS) is 18.0. The van der Waals surface area contributed by atoms with E-state index in [1.807, 2.05) is 35.4 Å². The van der Waals surface area contributed by atoms with E-state index in [1.165, 1.54) is 11.3 Å². The average molecular weight is 337 g/mol. The first-order valence-corrected chi connectivity index (χ1v) is 8.92. The number of carbonyl (C=O) groups is 1. The molecular weight excluding hydrogens is 314 g/mol. The highest BCUT2D eigenvalue weighted by atomic mass is 16.2. The van der Waals surface area contributed by atoms with E-state index >= 15 is 0 Å². The van der Waals surface area contributed by atoms with Crippen molar-refractivity contribution in [1.29, 1.82) is 0 Å². The van der Waals surface area contributed by atoms with E-state index in [9.17, 15) is 4.79 Å². The fourth-order valence-corrected chi connectivity index (χ4v) is 3.72. The minimum atomic E-state index is 0.210. The summed E-state index contributed by atoms with van der Waals surface area (Å²) in [6.07, 6.45) is 5.15. The molecule has 4 rings (SSSR count). The lowest BCUT2D eigenvalue weighted by Crippen LogP contribution is -2.39. The number of aryl methyl sites for hydroxylation is 2. The lowest BCUT2D eigenvalue weighted by Gasteiger charge is -2.32. The molecule has 1 aliphatic rings. The summed E-state index contributed by atoms with van der Waals surface area (Å²) in [4.78, 5) is 22.5. The molecule has 0 radical (unpaired) electrons. The molecule has 1 amide bonds. The van der Waals surface area contributed by atoms with Crippen LogP contribution in [0.1, 0.15) is 42.3 Å². The van der Waals surface area contributed by atoms with Crippen LogP contribution in [-0.2, 0) is 11.2 Å². The number of nitrogens with zero attached hydrogens (tertiary/aromatic N) is 3. The molecule has 1 fully saturated rings. The molecule has 0 spiro atoms. The minimum Gasteiger partial charge on any atom is -0.342 e. The Kier molecular flexibility index (Phi) is 4.26. The Balaban J connectivity index is 1.38. The molecule has 3 heterocycles. The standard InChI is InChI=1S/C19H23N5O/c1-13-11-20-23-19(13)14-5-4-10-24(12-14)18(25)9-8-17-21-15-6-2-3-7-16(15)22-17/h2-3,6-7,11,14H,4-5,8-10,12H2,1H3,(H,20,23)(H,21,22)/t14-/m0/s1. The molecule has 0 saturated carbocycles. The molecular formula is C19H23N5O. The number of likely N-dealkylation sites (tertiary alicyclic amines) is 1. The van der Waals surface area contributed by atoms with E-state index in [2.05, 4.69) is 27.1 Å². The van der Waals surface area contributed by atoms with Gasteiger partial charge < -0.3 is 9.88 Å². The highest BCUT2D eigenvalue weighted by molar-refractivity contribution is 5.77. The van der Waals surface area contributed by atoms with Gasteiger partial charge in [0, 0.05) is 37.5 Å².